The van der Waals surface area contributed by atoms with E-state index in [9.17, 15) is 0 Å². The zero-order chi connectivity index (χ0) is 15.1. The first kappa shape index (κ1) is 17.6. The van der Waals surface area contributed by atoms with Crippen LogP contribution in [0.15, 0.2) is 22.7 Å². The van der Waals surface area contributed by atoms with E-state index in [4.69, 9.17) is 10.5 Å². The number of hydrogen-bond acceptors (Lipinski definition) is 3. The number of nitrogens with two attached hydrogens (primary N) is 1. The number of methoxy groups -OCH3 is 1. The minimum absolute atomic E-state index is 0.233. The molecule has 0 fully saturated rings. The number of halogens is 1. The Labute approximate surface area is 131 Å². The largest absolute Gasteiger partial charge is 0.383 e. The van der Waals surface area contributed by atoms with Crippen LogP contribution in [0.3, 0.4) is 0 Å². The molecule has 0 bridgehead atoms. The summed E-state index contributed by atoms with van der Waals surface area (Å²) in [5, 5.41) is 0. The maximum Gasteiger partial charge on any atom is 0.0590 e. The first-order valence-corrected chi connectivity index (χ1v) is 8.05. The van der Waals surface area contributed by atoms with Gasteiger partial charge in [-0.15, -0.1) is 0 Å². The van der Waals surface area contributed by atoms with E-state index < -0.39 is 0 Å². The van der Waals surface area contributed by atoms with E-state index in [1.807, 2.05) is 0 Å². The van der Waals surface area contributed by atoms with Crippen molar-refractivity contribution in [3.63, 3.8) is 0 Å². The van der Waals surface area contributed by atoms with E-state index in [1.54, 1.807) is 7.11 Å². The molecule has 0 aromatic heterocycles. The average molecular weight is 343 g/mol. The third-order valence-corrected chi connectivity index (χ3v) is 4.77. The third kappa shape index (κ3) is 4.55. The van der Waals surface area contributed by atoms with Gasteiger partial charge in [-0.25, -0.2) is 0 Å². The molecule has 0 amide bonds. The lowest BCUT2D eigenvalue weighted by atomic mass is 10.0. The Bertz CT molecular complexity index is 411. The van der Waals surface area contributed by atoms with Crippen LogP contribution in [0.25, 0.3) is 0 Å². The van der Waals surface area contributed by atoms with Crippen molar-refractivity contribution in [2.24, 2.45) is 5.73 Å². The summed E-state index contributed by atoms with van der Waals surface area (Å²) in [6.07, 6.45) is 1.10. The lowest BCUT2D eigenvalue weighted by molar-refractivity contribution is 0.0902. The number of nitrogens with zero attached hydrogens (tertiary/aromatic N) is 1. The molecular formula is C16H27BrN2O. The first-order valence-electron chi connectivity index (χ1n) is 7.25. The summed E-state index contributed by atoms with van der Waals surface area (Å²) in [7, 11) is 1.74. The molecule has 2 atom stereocenters. The molecule has 2 unspecified atom stereocenters. The van der Waals surface area contributed by atoms with Crippen molar-refractivity contribution in [1.29, 1.82) is 0 Å². The predicted octanol–water partition coefficient (Wildman–Crippen LogP) is 3.50. The number of ether oxygens (including phenoxy) is 1. The van der Waals surface area contributed by atoms with Crippen LogP contribution in [0, 0.1) is 6.92 Å². The topological polar surface area (TPSA) is 38.5 Å². The molecule has 0 spiro atoms. The molecule has 20 heavy (non-hydrogen) atoms. The maximum absolute atomic E-state index is 6.06. The third-order valence-electron chi connectivity index (χ3n) is 3.91. The monoisotopic (exact) mass is 342 g/mol. The summed E-state index contributed by atoms with van der Waals surface area (Å²) >= 11 is 3.62. The van der Waals surface area contributed by atoms with Crippen molar-refractivity contribution in [1.82, 2.24) is 4.90 Å². The standard InChI is InChI=1S/C16H27BrN2O/c1-5-13(3)19(8-9-20-4)16(11-18)14-7-6-12(2)15(17)10-14/h6-7,10,13,16H,5,8-9,11,18H2,1-4H3. The van der Waals surface area contributed by atoms with Gasteiger partial charge >= 0.3 is 0 Å². The molecule has 0 radical (unpaired) electrons. The molecule has 114 valence electrons. The van der Waals surface area contributed by atoms with Crippen molar-refractivity contribution in [2.75, 3.05) is 26.8 Å². The molecule has 0 aliphatic carbocycles. The maximum atomic E-state index is 6.06. The van der Waals surface area contributed by atoms with Crippen molar-refractivity contribution in [2.45, 2.75) is 39.3 Å². The van der Waals surface area contributed by atoms with Gasteiger partial charge < -0.3 is 10.5 Å². The second-order valence-corrected chi connectivity index (χ2v) is 6.10. The summed E-state index contributed by atoms with van der Waals surface area (Å²) in [6, 6.07) is 7.23. The van der Waals surface area contributed by atoms with E-state index in [1.165, 1.54) is 11.1 Å². The van der Waals surface area contributed by atoms with Crippen molar-refractivity contribution in [3.05, 3.63) is 33.8 Å². The van der Waals surface area contributed by atoms with E-state index >= 15 is 0 Å². The zero-order valence-electron chi connectivity index (χ0n) is 13.0. The summed E-state index contributed by atoms with van der Waals surface area (Å²) in [6.45, 7) is 8.81. The Kier molecular flexibility index (Phi) is 7.74. The molecule has 4 heteroatoms. The fraction of sp³-hybridized carbons (Fsp3) is 0.625. The minimum Gasteiger partial charge on any atom is -0.383 e. The first-order chi connectivity index (χ1) is 9.54. The molecule has 0 aliphatic rings. The van der Waals surface area contributed by atoms with Gasteiger partial charge in [0, 0.05) is 36.8 Å². The van der Waals surface area contributed by atoms with Gasteiger partial charge in [0.2, 0.25) is 0 Å². The highest BCUT2D eigenvalue weighted by molar-refractivity contribution is 9.10. The molecule has 0 aliphatic heterocycles. The van der Waals surface area contributed by atoms with Gasteiger partial charge in [-0.2, -0.15) is 0 Å². The molecule has 3 nitrogen and oxygen atoms in total. The van der Waals surface area contributed by atoms with Crippen molar-refractivity contribution in [3.8, 4) is 0 Å². The lowest BCUT2D eigenvalue weighted by Crippen LogP contribution is -2.41. The number of aryl methyl sites for hydroxylation is 1. The highest BCUT2D eigenvalue weighted by atomic mass is 79.9. The highest BCUT2D eigenvalue weighted by Gasteiger charge is 2.23. The van der Waals surface area contributed by atoms with Gasteiger partial charge in [-0.05, 0) is 37.5 Å². The molecule has 1 rings (SSSR count). The summed E-state index contributed by atoms with van der Waals surface area (Å²) in [5.74, 6) is 0. The zero-order valence-corrected chi connectivity index (χ0v) is 14.6. The van der Waals surface area contributed by atoms with Crippen LogP contribution in [0.1, 0.15) is 37.4 Å². The quantitative estimate of drug-likeness (QED) is 0.785. The van der Waals surface area contributed by atoms with Gasteiger partial charge in [0.15, 0.2) is 0 Å². The van der Waals surface area contributed by atoms with Crippen LogP contribution in [-0.2, 0) is 4.74 Å². The van der Waals surface area contributed by atoms with Crippen molar-refractivity contribution >= 4 is 15.9 Å². The van der Waals surface area contributed by atoms with E-state index in [0.29, 0.717) is 12.6 Å². The number of hydrogen-bond donors (Lipinski definition) is 1. The van der Waals surface area contributed by atoms with E-state index in [2.05, 4.69) is 59.8 Å². The van der Waals surface area contributed by atoms with Gasteiger partial charge in [0.1, 0.15) is 0 Å². The van der Waals surface area contributed by atoms with Crippen LogP contribution in [-0.4, -0.2) is 37.7 Å². The number of benzene rings is 1. The Hall–Kier alpha value is -0.420. The molecule has 2 N–H and O–H groups in total. The van der Waals surface area contributed by atoms with Gasteiger partial charge in [-0.3, -0.25) is 4.90 Å². The van der Waals surface area contributed by atoms with Crippen LogP contribution in [0.2, 0.25) is 0 Å². The van der Waals surface area contributed by atoms with Crippen LogP contribution < -0.4 is 5.73 Å². The molecule has 1 aromatic rings. The average Bonchev–Trinajstić information content (AvgIpc) is 2.46. The predicted molar refractivity (Wildman–Crippen MR) is 89.0 cm³/mol. The normalized spacial score (nSPS) is 14.6. The van der Waals surface area contributed by atoms with E-state index in [0.717, 1.165) is 24.0 Å². The Morgan fingerprint density at radius 1 is 1.40 bits per heavy atom. The summed E-state index contributed by atoms with van der Waals surface area (Å²) in [5.41, 5.74) is 8.57. The van der Waals surface area contributed by atoms with Crippen LogP contribution in [0.4, 0.5) is 0 Å². The molecular weight excluding hydrogens is 316 g/mol. The Balaban J connectivity index is 3.01. The number of rotatable bonds is 8. The van der Waals surface area contributed by atoms with Crippen molar-refractivity contribution < 1.29 is 4.74 Å². The highest BCUT2D eigenvalue weighted by Crippen LogP contribution is 2.27. The van der Waals surface area contributed by atoms with Crippen LogP contribution >= 0.6 is 15.9 Å². The van der Waals surface area contributed by atoms with Gasteiger partial charge in [0.25, 0.3) is 0 Å². The second-order valence-electron chi connectivity index (χ2n) is 5.25. The molecule has 0 heterocycles. The molecule has 1 aromatic carbocycles. The minimum atomic E-state index is 0.233. The second kappa shape index (κ2) is 8.78. The van der Waals surface area contributed by atoms with Crippen LogP contribution in [0.5, 0.6) is 0 Å². The Morgan fingerprint density at radius 3 is 2.60 bits per heavy atom. The summed E-state index contributed by atoms with van der Waals surface area (Å²) in [4.78, 5) is 2.45. The SMILES string of the molecule is CCC(C)N(CCOC)C(CN)c1ccc(C)c(Br)c1. The molecule has 0 saturated heterocycles. The Morgan fingerprint density at radius 2 is 2.10 bits per heavy atom. The van der Waals surface area contributed by atoms with Gasteiger partial charge in [-0.1, -0.05) is 35.0 Å². The fourth-order valence-electron chi connectivity index (χ4n) is 2.39. The summed E-state index contributed by atoms with van der Waals surface area (Å²) < 4.78 is 6.39. The van der Waals surface area contributed by atoms with E-state index in [-0.39, 0.29) is 6.04 Å². The molecule has 0 saturated carbocycles. The fourth-order valence-corrected chi connectivity index (χ4v) is 2.79. The lowest BCUT2D eigenvalue weighted by Gasteiger charge is -2.36. The smallest absolute Gasteiger partial charge is 0.0590 e. The van der Waals surface area contributed by atoms with Gasteiger partial charge in [0.05, 0.1) is 6.61 Å².